The van der Waals surface area contributed by atoms with Crippen LogP contribution in [0.4, 0.5) is 0 Å². The number of carbonyl (C=O) groups is 1. The SMILES string of the molecule is O=C(Cc1c[nH]c2ccccc12)N/N=C\c1ccc(O)c(O)c1. The zero-order chi connectivity index (χ0) is 16.2. The van der Waals surface area contributed by atoms with Crippen LogP contribution in [0.15, 0.2) is 53.8 Å². The first-order valence-electron chi connectivity index (χ1n) is 7.02. The lowest BCUT2D eigenvalue weighted by Gasteiger charge is -2.00. The summed E-state index contributed by atoms with van der Waals surface area (Å²) in [6, 6.07) is 12.0. The molecule has 0 aliphatic carbocycles. The van der Waals surface area contributed by atoms with Crippen molar-refractivity contribution in [1.82, 2.24) is 10.4 Å². The summed E-state index contributed by atoms with van der Waals surface area (Å²) < 4.78 is 0. The van der Waals surface area contributed by atoms with E-state index in [9.17, 15) is 15.0 Å². The molecule has 0 spiro atoms. The van der Waals surface area contributed by atoms with Crippen molar-refractivity contribution in [2.75, 3.05) is 0 Å². The Morgan fingerprint density at radius 2 is 2.00 bits per heavy atom. The minimum atomic E-state index is -0.242. The van der Waals surface area contributed by atoms with Gasteiger partial charge >= 0.3 is 0 Å². The second-order valence-electron chi connectivity index (χ2n) is 5.08. The monoisotopic (exact) mass is 309 g/mol. The Morgan fingerprint density at radius 3 is 2.83 bits per heavy atom. The highest BCUT2D eigenvalue weighted by Crippen LogP contribution is 2.24. The highest BCUT2D eigenvalue weighted by atomic mass is 16.3. The highest BCUT2D eigenvalue weighted by molar-refractivity contribution is 5.89. The second kappa shape index (κ2) is 6.23. The molecule has 6 heteroatoms. The van der Waals surface area contributed by atoms with Crippen LogP contribution in [0.1, 0.15) is 11.1 Å². The number of phenolic OH excluding ortho intramolecular Hbond substituents is 2. The number of hydrogen-bond acceptors (Lipinski definition) is 4. The highest BCUT2D eigenvalue weighted by Gasteiger charge is 2.07. The number of aromatic nitrogens is 1. The molecule has 6 nitrogen and oxygen atoms in total. The molecule has 0 bridgehead atoms. The van der Waals surface area contributed by atoms with Gasteiger partial charge in [0.2, 0.25) is 5.91 Å². The molecule has 3 aromatic rings. The predicted molar refractivity (Wildman–Crippen MR) is 87.5 cm³/mol. The number of rotatable bonds is 4. The first-order chi connectivity index (χ1) is 11.1. The summed E-state index contributed by atoms with van der Waals surface area (Å²) in [6.45, 7) is 0. The minimum Gasteiger partial charge on any atom is -0.504 e. The zero-order valence-electron chi connectivity index (χ0n) is 12.2. The number of H-pyrrole nitrogens is 1. The zero-order valence-corrected chi connectivity index (χ0v) is 12.2. The third kappa shape index (κ3) is 3.32. The molecule has 0 fully saturated rings. The molecule has 0 aliphatic heterocycles. The first kappa shape index (κ1) is 14.6. The van der Waals surface area contributed by atoms with Gasteiger partial charge in [0.05, 0.1) is 12.6 Å². The van der Waals surface area contributed by atoms with Crippen molar-refractivity contribution in [2.24, 2.45) is 5.10 Å². The van der Waals surface area contributed by atoms with Gasteiger partial charge in [-0.2, -0.15) is 5.10 Å². The lowest BCUT2D eigenvalue weighted by molar-refractivity contribution is -0.120. The standard InChI is InChI=1S/C17H15N3O3/c21-15-6-5-11(7-16(15)22)9-19-20-17(23)8-12-10-18-14-4-2-1-3-13(12)14/h1-7,9-10,18,21-22H,8H2,(H,20,23)/b19-9-. The lowest BCUT2D eigenvalue weighted by atomic mass is 10.1. The van der Waals surface area contributed by atoms with Gasteiger partial charge in [-0.05, 0) is 35.4 Å². The molecule has 0 saturated heterocycles. The van der Waals surface area contributed by atoms with Crippen molar-refractivity contribution >= 4 is 23.0 Å². The van der Waals surface area contributed by atoms with Crippen molar-refractivity contribution in [3.05, 3.63) is 59.8 Å². The average Bonchev–Trinajstić information content (AvgIpc) is 2.94. The van der Waals surface area contributed by atoms with Gasteiger partial charge in [0.1, 0.15) is 0 Å². The van der Waals surface area contributed by atoms with E-state index in [2.05, 4.69) is 15.5 Å². The maximum atomic E-state index is 11.9. The number of carbonyl (C=O) groups excluding carboxylic acids is 1. The Labute approximate surface area is 132 Å². The maximum absolute atomic E-state index is 11.9. The van der Waals surface area contributed by atoms with Gasteiger partial charge in [0.25, 0.3) is 0 Å². The smallest absolute Gasteiger partial charge is 0.244 e. The van der Waals surface area contributed by atoms with Crippen LogP contribution in [-0.4, -0.2) is 27.3 Å². The van der Waals surface area contributed by atoms with Crippen LogP contribution in [-0.2, 0) is 11.2 Å². The molecule has 0 aliphatic rings. The number of nitrogens with zero attached hydrogens (tertiary/aromatic N) is 1. The van der Waals surface area contributed by atoms with Crippen LogP contribution in [0.5, 0.6) is 11.5 Å². The van der Waals surface area contributed by atoms with E-state index in [-0.39, 0.29) is 23.8 Å². The van der Waals surface area contributed by atoms with Crippen molar-refractivity contribution in [1.29, 1.82) is 0 Å². The van der Waals surface area contributed by atoms with Crippen LogP contribution in [0, 0.1) is 0 Å². The quantitative estimate of drug-likeness (QED) is 0.338. The number of benzene rings is 2. The van der Waals surface area contributed by atoms with E-state index in [1.165, 1.54) is 18.3 Å². The molecule has 0 radical (unpaired) electrons. The summed E-state index contributed by atoms with van der Waals surface area (Å²) in [5.74, 6) is -0.682. The van der Waals surface area contributed by atoms with E-state index >= 15 is 0 Å². The Hall–Kier alpha value is -3.28. The van der Waals surface area contributed by atoms with Crippen molar-refractivity contribution in [2.45, 2.75) is 6.42 Å². The fourth-order valence-corrected chi connectivity index (χ4v) is 2.29. The Bertz CT molecular complexity index is 884. The van der Waals surface area contributed by atoms with Crippen molar-refractivity contribution in [3.63, 3.8) is 0 Å². The Kier molecular flexibility index (Phi) is 3.97. The first-order valence-corrected chi connectivity index (χ1v) is 7.02. The van der Waals surface area contributed by atoms with E-state index in [1.807, 2.05) is 30.5 Å². The molecule has 0 unspecified atom stereocenters. The summed E-state index contributed by atoms with van der Waals surface area (Å²) in [5.41, 5.74) is 4.89. The molecule has 1 aromatic heterocycles. The molecule has 3 rings (SSSR count). The van der Waals surface area contributed by atoms with Crippen molar-refractivity contribution < 1.29 is 15.0 Å². The average molecular weight is 309 g/mol. The number of fused-ring (bicyclic) bond motifs is 1. The normalized spacial score (nSPS) is 11.1. The van der Waals surface area contributed by atoms with E-state index in [4.69, 9.17) is 0 Å². The van der Waals surface area contributed by atoms with Gasteiger partial charge < -0.3 is 15.2 Å². The molecule has 2 aromatic carbocycles. The Morgan fingerprint density at radius 1 is 1.17 bits per heavy atom. The van der Waals surface area contributed by atoms with Crippen molar-refractivity contribution in [3.8, 4) is 11.5 Å². The molecule has 0 atom stereocenters. The molecule has 116 valence electrons. The molecule has 0 saturated carbocycles. The minimum absolute atomic E-state index is 0.203. The van der Waals surface area contributed by atoms with Crippen LogP contribution in [0.2, 0.25) is 0 Å². The topological polar surface area (TPSA) is 97.7 Å². The second-order valence-corrected chi connectivity index (χ2v) is 5.08. The number of hydrogen-bond donors (Lipinski definition) is 4. The molecular weight excluding hydrogens is 294 g/mol. The number of aromatic hydroxyl groups is 2. The summed E-state index contributed by atoms with van der Waals surface area (Å²) in [5, 5.41) is 23.5. The van der Waals surface area contributed by atoms with Crippen LogP contribution in [0.25, 0.3) is 10.9 Å². The van der Waals surface area contributed by atoms with Crippen LogP contribution in [0.3, 0.4) is 0 Å². The number of amides is 1. The van der Waals surface area contributed by atoms with Crippen LogP contribution >= 0.6 is 0 Å². The Balaban J connectivity index is 1.63. The van der Waals surface area contributed by atoms with E-state index in [1.54, 1.807) is 6.07 Å². The molecule has 4 N–H and O–H groups in total. The summed E-state index contributed by atoms with van der Waals surface area (Å²) in [7, 11) is 0. The summed E-state index contributed by atoms with van der Waals surface area (Å²) >= 11 is 0. The van der Waals surface area contributed by atoms with E-state index < -0.39 is 0 Å². The van der Waals surface area contributed by atoms with Gasteiger partial charge in [0, 0.05) is 17.1 Å². The lowest BCUT2D eigenvalue weighted by Crippen LogP contribution is -2.19. The number of nitrogens with one attached hydrogen (secondary N) is 2. The van der Waals surface area contributed by atoms with Gasteiger partial charge in [0.15, 0.2) is 11.5 Å². The third-order valence-electron chi connectivity index (χ3n) is 3.43. The molecule has 1 amide bonds. The molecule has 1 heterocycles. The molecule has 23 heavy (non-hydrogen) atoms. The largest absolute Gasteiger partial charge is 0.504 e. The summed E-state index contributed by atoms with van der Waals surface area (Å²) in [6.07, 6.45) is 3.42. The fourth-order valence-electron chi connectivity index (χ4n) is 2.29. The van der Waals surface area contributed by atoms with Gasteiger partial charge in [-0.25, -0.2) is 5.43 Å². The number of para-hydroxylation sites is 1. The summed E-state index contributed by atoms with van der Waals surface area (Å²) in [4.78, 5) is 15.1. The number of phenols is 2. The van der Waals surface area contributed by atoms with E-state index in [0.717, 1.165) is 16.5 Å². The van der Waals surface area contributed by atoms with Gasteiger partial charge in [-0.15, -0.1) is 0 Å². The van der Waals surface area contributed by atoms with E-state index in [0.29, 0.717) is 5.56 Å². The number of aromatic amines is 1. The maximum Gasteiger partial charge on any atom is 0.244 e. The van der Waals surface area contributed by atoms with Crippen LogP contribution < -0.4 is 5.43 Å². The number of hydrazone groups is 1. The fraction of sp³-hybridized carbons (Fsp3) is 0.0588. The van der Waals surface area contributed by atoms with Gasteiger partial charge in [-0.1, -0.05) is 18.2 Å². The third-order valence-corrected chi connectivity index (χ3v) is 3.43. The molecular formula is C17H15N3O3. The predicted octanol–water partition coefficient (Wildman–Crippen LogP) is 2.27. The van der Waals surface area contributed by atoms with Gasteiger partial charge in [-0.3, -0.25) is 4.79 Å².